The molecule has 5 nitrogen and oxygen atoms in total. The molecule has 0 atom stereocenters. The number of hydrogen-bond acceptors (Lipinski definition) is 4. The number of hydrogen-bond donors (Lipinski definition) is 1. The van der Waals surface area contributed by atoms with Gasteiger partial charge in [-0.15, -0.1) is 23.8 Å². The second-order valence-corrected chi connectivity index (χ2v) is 17.6. The predicted octanol–water partition coefficient (Wildman–Crippen LogP) is 14.2. The summed E-state index contributed by atoms with van der Waals surface area (Å²) in [5.74, 6) is 0.925. The first-order valence-corrected chi connectivity index (χ1v) is 20.2. The Bertz CT molecular complexity index is 3240. The normalized spacial score (nSPS) is 12.1. The van der Waals surface area contributed by atoms with Crippen molar-refractivity contribution in [3.8, 4) is 56.3 Å². The van der Waals surface area contributed by atoms with Gasteiger partial charge >= 0.3 is 0 Å². The van der Waals surface area contributed by atoms with Gasteiger partial charge in [0.25, 0.3) is 0 Å². The quantitative estimate of drug-likeness (QED) is 0.175. The van der Waals surface area contributed by atoms with Crippen molar-refractivity contribution in [3.63, 3.8) is 0 Å². The molecule has 0 spiro atoms. The molecule has 1 N–H and O–H groups in total. The Morgan fingerprint density at radius 1 is 0.617 bits per heavy atom. The van der Waals surface area contributed by atoms with Crippen molar-refractivity contribution in [2.45, 2.75) is 52.4 Å². The number of fused-ring (bicyclic) bond motifs is 6. The number of phenolic OH excluding ortho intramolecular Hbond substituents is 1. The van der Waals surface area contributed by atoms with Crippen LogP contribution in [0.25, 0.3) is 94.3 Å². The molecule has 0 aliphatic heterocycles. The summed E-state index contributed by atoms with van der Waals surface area (Å²) in [6, 6.07) is 54.1. The maximum Gasteiger partial charge on any atom is 0.148 e. The van der Waals surface area contributed by atoms with E-state index in [0.29, 0.717) is 11.4 Å². The number of pyridine rings is 1. The SMILES string of the molecule is CC(C)(C)c1cc(-c2nc3c(-c4[c-]c(-c5nccc6oc7ccc8ccccc8c7c56)cc(-c5ccccc5)c4)cccc3n2-c2ccccc2)c(O)c(C(C)(C)C)c1.[Pt]. The van der Waals surface area contributed by atoms with E-state index in [-0.39, 0.29) is 37.6 Å². The summed E-state index contributed by atoms with van der Waals surface area (Å²) >= 11 is 0. The van der Waals surface area contributed by atoms with Crippen molar-refractivity contribution in [3.05, 3.63) is 169 Å². The van der Waals surface area contributed by atoms with Gasteiger partial charge in [0, 0.05) is 55.0 Å². The van der Waals surface area contributed by atoms with E-state index in [1.165, 1.54) is 0 Å². The van der Waals surface area contributed by atoms with Crippen LogP contribution in [0.3, 0.4) is 0 Å². The maximum atomic E-state index is 12.2. The van der Waals surface area contributed by atoms with Crippen LogP contribution in [0.2, 0.25) is 0 Å². The van der Waals surface area contributed by atoms with Crippen molar-refractivity contribution in [1.29, 1.82) is 0 Å². The summed E-state index contributed by atoms with van der Waals surface area (Å²) in [6.45, 7) is 13.1. The Kier molecular flexibility index (Phi) is 9.64. The van der Waals surface area contributed by atoms with Gasteiger partial charge in [0.1, 0.15) is 22.7 Å². The number of furan rings is 1. The van der Waals surface area contributed by atoms with E-state index in [1.807, 2.05) is 36.5 Å². The van der Waals surface area contributed by atoms with Gasteiger partial charge in [0.05, 0.1) is 16.6 Å². The third-order valence-corrected chi connectivity index (χ3v) is 11.5. The summed E-state index contributed by atoms with van der Waals surface area (Å²) in [5.41, 5.74) is 12.1. The Morgan fingerprint density at radius 3 is 2.07 bits per heavy atom. The molecule has 0 unspecified atom stereocenters. The van der Waals surface area contributed by atoms with Crippen LogP contribution < -0.4 is 0 Å². The van der Waals surface area contributed by atoms with Crippen LogP contribution in [0.5, 0.6) is 5.75 Å². The molecular formula is C54H44N3O2Pt-. The third-order valence-electron chi connectivity index (χ3n) is 11.5. The van der Waals surface area contributed by atoms with E-state index >= 15 is 0 Å². The molecule has 3 heterocycles. The van der Waals surface area contributed by atoms with Gasteiger partial charge in [-0.2, -0.15) is 0 Å². The summed E-state index contributed by atoms with van der Waals surface area (Å²) in [6.07, 6.45) is 1.82. The molecule has 10 aromatic rings. The molecule has 0 saturated heterocycles. The van der Waals surface area contributed by atoms with Crippen LogP contribution in [0.1, 0.15) is 52.7 Å². The van der Waals surface area contributed by atoms with Crippen molar-refractivity contribution in [1.82, 2.24) is 14.5 Å². The molecule has 0 bridgehead atoms. The number of benzene rings is 7. The first-order chi connectivity index (χ1) is 28.4. The molecule has 0 amide bonds. The molecule has 0 radical (unpaired) electrons. The number of nitrogens with zero attached hydrogens (tertiary/aromatic N) is 3. The minimum Gasteiger partial charge on any atom is -0.507 e. The van der Waals surface area contributed by atoms with Crippen LogP contribution in [0.15, 0.2) is 156 Å². The van der Waals surface area contributed by atoms with E-state index in [0.717, 1.165) is 94.1 Å². The Labute approximate surface area is 364 Å². The minimum absolute atomic E-state index is 0. The zero-order chi connectivity index (χ0) is 40.6. The van der Waals surface area contributed by atoms with Gasteiger partial charge in [0.15, 0.2) is 0 Å². The average molecular weight is 962 g/mol. The van der Waals surface area contributed by atoms with Gasteiger partial charge in [-0.25, -0.2) is 4.98 Å². The zero-order valence-electron chi connectivity index (χ0n) is 34.4. The van der Waals surface area contributed by atoms with Gasteiger partial charge in [-0.3, -0.25) is 9.55 Å². The van der Waals surface area contributed by atoms with Crippen molar-refractivity contribution < 1.29 is 30.6 Å². The summed E-state index contributed by atoms with van der Waals surface area (Å²) in [5, 5.41) is 16.5. The summed E-state index contributed by atoms with van der Waals surface area (Å²) in [4.78, 5) is 10.6. The maximum absolute atomic E-state index is 12.2. The Hall–Kier alpha value is -6.29. The number of imidazole rings is 1. The zero-order valence-corrected chi connectivity index (χ0v) is 36.7. The Morgan fingerprint density at radius 2 is 1.32 bits per heavy atom. The Balaban J connectivity index is 0.00000462. The molecule has 0 saturated carbocycles. The van der Waals surface area contributed by atoms with E-state index < -0.39 is 0 Å². The second kappa shape index (κ2) is 14.8. The molecule has 0 aliphatic carbocycles. The van der Waals surface area contributed by atoms with E-state index in [4.69, 9.17) is 14.4 Å². The van der Waals surface area contributed by atoms with Crippen LogP contribution in [0.4, 0.5) is 0 Å². The van der Waals surface area contributed by atoms with Crippen molar-refractivity contribution in [2.24, 2.45) is 0 Å². The third kappa shape index (κ3) is 6.62. The van der Waals surface area contributed by atoms with Crippen LogP contribution in [-0.4, -0.2) is 19.6 Å². The number of para-hydroxylation sites is 2. The summed E-state index contributed by atoms with van der Waals surface area (Å²) in [7, 11) is 0. The molecule has 60 heavy (non-hydrogen) atoms. The largest absolute Gasteiger partial charge is 0.507 e. The fourth-order valence-corrected chi connectivity index (χ4v) is 8.47. The van der Waals surface area contributed by atoms with E-state index in [2.05, 4.69) is 167 Å². The average Bonchev–Trinajstić information content (AvgIpc) is 3.83. The fourth-order valence-electron chi connectivity index (χ4n) is 8.47. The summed E-state index contributed by atoms with van der Waals surface area (Å²) < 4.78 is 8.67. The molecule has 298 valence electrons. The number of phenols is 1. The van der Waals surface area contributed by atoms with Crippen LogP contribution >= 0.6 is 0 Å². The first-order valence-electron chi connectivity index (χ1n) is 20.2. The monoisotopic (exact) mass is 961 g/mol. The number of aromatic hydroxyl groups is 1. The molecular weight excluding hydrogens is 918 g/mol. The molecule has 0 aliphatic rings. The first kappa shape index (κ1) is 39.2. The van der Waals surface area contributed by atoms with Crippen LogP contribution in [0, 0.1) is 6.07 Å². The second-order valence-electron chi connectivity index (χ2n) is 17.6. The van der Waals surface area contributed by atoms with Gasteiger partial charge in [-0.1, -0.05) is 155 Å². The van der Waals surface area contributed by atoms with E-state index in [9.17, 15) is 5.11 Å². The van der Waals surface area contributed by atoms with Crippen molar-refractivity contribution in [2.75, 3.05) is 0 Å². The van der Waals surface area contributed by atoms with Crippen molar-refractivity contribution >= 4 is 43.7 Å². The predicted molar refractivity (Wildman–Crippen MR) is 243 cm³/mol. The van der Waals surface area contributed by atoms with Gasteiger partial charge in [0.2, 0.25) is 0 Å². The number of aromatic nitrogens is 3. The molecule has 0 fully saturated rings. The minimum atomic E-state index is -0.304. The smallest absolute Gasteiger partial charge is 0.148 e. The van der Waals surface area contributed by atoms with E-state index in [1.54, 1.807) is 0 Å². The fraction of sp³-hybridized carbons (Fsp3) is 0.148. The van der Waals surface area contributed by atoms with Gasteiger partial charge < -0.3 is 9.52 Å². The molecule has 6 heteroatoms. The van der Waals surface area contributed by atoms with Crippen LogP contribution in [-0.2, 0) is 31.9 Å². The molecule has 10 rings (SSSR count). The number of rotatable bonds is 5. The molecule has 3 aromatic heterocycles. The molecule has 7 aromatic carbocycles. The topological polar surface area (TPSA) is 64.1 Å². The standard InChI is InChI=1S/C54H44N3O2.Pt/c1-53(2,3)38-31-42(51(58)43(32-38)54(4,5)6)52-56-50-41(22-15-23-44(50)57(52)39-19-11-8-12-20-39)36-28-35(33-16-9-7-10-17-33)29-37(30-36)49-48-46(26-27-55-49)59-45-25-24-34-18-13-14-21-40(34)47(45)48;/h7-29,31-32,58H,1-6H3;/q-1;. The van der Waals surface area contributed by atoms with Gasteiger partial charge in [-0.05, 0) is 69.1 Å².